The average Bonchev–Trinajstić information content (AvgIpc) is 3.26. The summed E-state index contributed by atoms with van der Waals surface area (Å²) >= 11 is 0. The summed E-state index contributed by atoms with van der Waals surface area (Å²) in [6, 6.07) is 1.67. The highest BCUT2D eigenvalue weighted by Crippen LogP contribution is 2.39. The van der Waals surface area contributed by atoms with E-state index in [4.69, 9.17) is 0 Å². The first-order chi connectivity index (χ1) is 9.95. The Hall–Kier alpha value is -2.05. The first-order valence-electron chi connectivity index (χ1n) is 6.67. The second-order valence-corrected chi connectivity index (χ2v) is 4.95. The molecule has 0 spiro atoms. The number of halogens is 3. The normalized spacial score (nSPS) is 20.0. The number of nitrogens with one attached hydrogen (secondary N) is 2. The van der Waals surface area contributed by atoms with Crippen LogP contribution in [-0.4, -0.2) is 18.4 Å². The maximum Gasteiger partial charge on any atom is 0.228 e. The zero-order chi connectivity index (χ0) is 15.6. The van der Waals surface area contributed by atoms with Gasteiger partial charge in [0, 0.05) is 6.54 Å². The minimum absolute atomic E-state index is 0.220. The summed E-state index contributed by atoms with van der Waals surface area (Å²) in [5.74, 6) is -6.20. The molecule has 0 heterocycles. The van der Waals surface area contributed by atoms with Crippen molar-refractivity contribution in [2.24, 2.45) is 11.8 Å². The fourth-order valence-corrected chi connectivity index (χ4v) is 2.00. The fraction of sp³-hybridized carbons (Fsp3) is 0.429. The number of rotatable bonds is 5. The molecule has 2 unspecified atom stereocenters. The summed E-state index contributed by atoms with van der Waals surface area (Å²) in [6.07, 6.45) is 1.15. The first kappa shape index (κ1) is 15.3. The molecule has 7 heteroatoms. The third-order valence-electron chi connectivity index (χ3n) is 3.31. The molecule has 2 N–H and O–H groups in total. The van der Waals surface area contributed by atoms with Crippen molar-refractivity contribution < 1.29 is 22.8 Å². The van der Waals surface area contributed by atoms with E-state index in [-0.39, 0.29) is 5.91 Å². The molecule has 0 aromatic heterocycles. The lowest BCUT2D eigenvalue weighted by Gasteiger charge is -2.07. The van der Waals surface area contributed by atoms with Crippen molar-refractivity contribution in [3.05, 3.63) is 29.6 Å². The largest absolute Gasteiger partial charge is 0.356 e. The number of anilines is 1. The van der Waals surface area contributed by atoms with Crippen LogP contribution in [0.25, 0.3) is 0 Å². The van der Waals surface area contributed by atoms with E-state index >= 15 is 0 Å². The number of amides is 2. The average molecular weight is 300 g/mol. The summed E-state index contributed by atoms with van der Waals surface area (Å²) in [7, 11) is 0. The molecule has 4 nitrogen and oxygen atoms in total. The Morgan fingerprint density at radius 3 is 2.48 bits per heavy atom. The van der Waals surface area contributed by atoms with Crippen LogP contribution in [0.3, 0.4) is 0 Å². The highest BCUT2D eigenvalue weighted by molar-refractivity contribution is 5.99. The predicted octanol–water partition coefficient (Wildman–Crippen LogP) is 2.20. The topological polar surface area (TPSA) is 58.2 Å². The van der Waals surface area contributed by atoms with E-state index in [1.807, 2.05) is 6.92 Å². The molecule has 0 bridgehead atoms. The quantitative estimate of drug-likeness (QED) is 0.819. The van der Waals surface area contributed by atoms with E-state index < -0.39 is 40.9 Å². The molecule has 0 radical (unpaired) electrons. The Morgan fingerprint density at radius 1 is 1.14 bits per heavy atom. The maximum atomic E-state index is 13.4. The van der Waals surface area contributed by atoms with Gasteiger partial charge in [0.15, 0.2) is 17.5 Å². The van der Waals surface area contributed by atoms with Gasteiger partial charge in [-0.1, -0.05) is 6.92 Å². The first-order valence-corrected chi connectivity index (χ1v) is 6.67. The van der Waals surface area contributed by atoms with Gasteiger partial charge < -0.3 is 10.6 Å². The zero-order valence-electron chi connectivity index (χ0n) is 11.4. The van der Waals surface area contributed by atoms with E-state index in [0.717, 1.165) is 18.6 Å². The molecule has 2 rings (SSSR count). The molecule has 0 aliphatic heterocycles. The van der Waals surface area contributed by atoms with Gasteiger partial charge in [-0.25, -0.2) is 13.2 Å². The lowest BCUT2D eigenvalue weighted by molar-refractivity contribution is -0.125. The van der Waals surface area contributed by atoms with Crippen LogP contribution >= 0.6 is 0 Å². The minimum Gasteiger partial charge on any atom is -0.356 e. The highest BCUT2D eigenvalue weighted by atomic mass is 19.2. The van der Waals surface area contributed by atoms with E-state index in [1.165, 1.54) is 0 Å². The molecule has 1 aromatic rings. The van der Waals surface area contributed by atoms with E-state index in [0.29, 0.717) is 13.0 Å². The SMILES string of the molecule is CCCNC(=O)C1CC1C(=O)Nc1ccc(F)c(F)c1F. The molecule has 21 heavy (non-hydrogen) atoms. The monoisotopic (exact) mass is 300 g/mol. The van der Waals surface area contributed by atoms with Crippen LogP contribution in [0.2, 0.25) is 0 Å². The third kappa shape index (κ3) is 3.34. The summed E-state index contributed by atoms with van der Waals surface area (Å²) in [5, 5.41) is 4.85. The molecule has 0 saturated heterocycles. The van der Waals surface area contributed by atoms with Crippen molar-refractivity contribution >= 4 is 17.5 Å². The molecule has 114 valence electrons. The lowest BCUT2D eigenvalue weighted by Crippen LogP contribution is -2.28. The van der Waals surface area contributed by atoms with Gasteiger partial charge in [0.1, 0.15) is 0 Å². The van der Waals surface area contributed by atoms with Crippen molar-refractivity contribution in [1.82, 2.24) is 5.32 Å². The highest BCUT2D eigenvalue weighted by Gasteiger charge is 2.48. The third-order valence-corrected chi connectivity index (χ3v) is 3.31. The van der Waals surface area contributed by atoms with Crippen LogP contribution in [0.4, 0.5) is 18.9 Å². The van der Waals surface area contributed by atoms with Gasteiger partial charge in [-0.2, -0.15) is 0 Å². The van der Waals surface area contributed by atoms with Crippen LogP contribution in [0, 0.1) is 29.3 Å². The molecule has 2 atom stereocenters. The van der Waals surface area contributed by atoms with Gasteiger partial charge in [-0.15, -0.1) is 0 Å². The summed E-state index contributed by atoms with van der Waals surface area (Å²) in [4.78, 5) is 23.5. The van der Waals surface area contributed by atoms with Crippen LogP contribution in [0.5, 0.6) is 0 Å². The van der Waals surface area contributed by atoms with Crippen molar-refractivity contribution in [3.63, 3.8) is 0 Å². The number of hydrogen-bond donors (Lipinski definition) is 2. The fourth-order valence-electron chi connectivity index (χ4n) is 2.00. The van der Waals surface area contributed by atoms with Gasteiger partial charge >= 0.3 is 0 Å². The Labute approximate surface area is 119 Å². The second kappa shape index (κ2) is 6.15. The van der Waals surface area contributed by atoms with Crippen molar-refractivity contribution in [1.29, 1.82) is 0 Å². The molecule has 1 aliphatic rings. The predicted molar refractivity (Wildman–Crippen MR) is 69.8 cm³/mol. The van der Waals surface area contributed by atoms with Crippen molar-refractivity contribution in [2.75, 3.05) is 11.9 Å². The van der Waals surface area contributed by atoms with Crippen molar-refractivity contribution in [2.45, 2.75) is 19.8 Å². The Kier molecular flexibility index (Phi) is 4.50. The number of hydrogen-bond acceptors (Lipinski definition) is 2. The Bertz CT molecular complexity index is 578. The van der Waals surface area contributed by atoms with E-state index in [2.05, 4.69) is 10.6 Å². The number of carbonyl (C=O) groups is 2. The number of carbonyl (C=O) groups excluding carboxylic acids is 2. The second-order valence-electron chi connectivity index (χ2n) is 4.95. The van der Waals surface area contributed by atoms with Crippen molar-refractivity contribution in [3.8, 4) is 0 Å². The molecule has 1 saturated carbocycles. The molecule has 2 amide bonds. The van der Waals surface area contributed by atoms with Gasteiger partial charge in [0.25, 0.3) is 0 Å². The molecular formula is C14H15F3N2O2. The van der Waals surface area contributed by atoms with Gasteiger partial charge in [0.2, 0.25) is 11.8 Å². The van der Waals surface area contributed by atoms with E-state index in [9.17, 15) is 22.8 Å². The van der Waals surface area contributed by atoms with Crippen LogP contribution in [-0.2, 0) is 9.59 Å². The number of benzene rings is 1. The van der Waals surface area contributed by atoms with Crippen LogP contribution in [0.15, 0.2) is 12.1 Å². The molecular weight excluding hydrogens is 285 g/mol. The Morgan fingerprint density at radius 2 is 1.81 bits per heavy atom. The van der Waals surface area contributed by atoms with Gasteiger partial charge in [-0.3, -0.25) is 9.59 Å². The van der Waals surface area contributed by atoms with Crippen LogP contribution < -0.4 is 10.6 Å². The standard InChI is InChI=1S/C14H15F3N2O2/c1-2-5-18-13(20)7-6-8(7)14(21)19-10-4-3-9(15)11(16)12(10)17/h3-4,7-8H,2,5-6H2,1H3,(H,18,20)(H,19,21). The molecule has 1 fully saturated rings. The summed E-state index contributed by atoms with van der Waals surface area (Å²) in [5.41, 5.74) is -0.432. The minimum atomic E-state index is -1.64. The van der Waals surface area contributed by atoms with E-state index in [1.54, 1.807) is 0 Å². The Balaban J connectivity index is 1.95. The lowest BCUT2D eigenvalue weighted by atomic mass is 10.2. The zero-order valence-corrected chi connectivity index (χ0v) is 11.4. The summed E-state index contributed by atoms with van der Waals surface area (Å²) in [6.45, 7) is 2.44. The van der Waals surface area contributed by atoms with Gasteiger partial charge in [0.05, 0.1) is 17.5 Å². The smallest absolute Gasteiger partial charge is 0.228 e. The maximum absolute atomic E-state index is 13.4. The molecule has 1 aliphatic carbocycles. The van der Waals surface area contributed by atoms with Crippen LogP contribution in [0.1, 0.15) is 19.8 Å². The molecule has 1 aromatic carbocycles. The summed E-state index contributed by atoms with van der Waals surface area (Å²) < 4.78 is 39.2. The van der Waals surface area contributed by atoms with Gasteiger partial charge in [-0.05, 0) is 25.0 Å².